The van der Waals surface area contributed by atoms with Gasteiger partial charge < -0.3 is 10.6 Å². The van der Waals surface area contributed by atoms with Crippen molar-refractivity contribution in [2.75, 3.05) is 18.0 Å². The van der Waals surface area contributed by atoms with Gasteiger partial charge in [0.1, 0.15) is 0 Å². The molecule has 0 aromatic heterocycles. The van der Waals surface area contributed by atoms with Crippen molar-refractivity contribution in [3.05, 3.63) is 29.8 Å². The third-order valence-corrected chi connectivity index (χ3v) is 3.68. The quantitative estimate of drug-likeness (QED) is 0.866. The van der Waals surface area contributed by atoms with E-state index in [2.05, 4.69) is 6.92 Å². The van der Waals surface area contributed by atoms with Crippen LogP contribution < -0.4 is 10.6 Å². The molecule has 1 aliphatic carbocycles. The lowest BCUT2D eigenvalue weighted by Gasteiger charge is -2.24. The van der Waals surface area contributed by atoms with Crippen LogP contribution >= 0.6 is 0 Å². The average Bonchev–Trinajstić information content (AvgIpc) is 3.08. The highest BCUT2D eigenvalue weighted by atomic mass is 16.2. The van der Waals surface area contributed by atoms with E-state index in [4.69, 9.17) is 5.73 Å². The fourth-order valence-electron chi connectivity index (χ4n) is 2.33. The summed E-state index contributed by atoms with van der Waals surface area (Å²) >= 11 is 0. The molecule has 0 heterocycles. The molecular weight excluding hydrogens is 224 g/mol. The molecule has 0 saturated heterocycles. The van der Waals surface area contributed by atoms with Crippen molar-refractivity contribution < 1.29 is 4.79 Å². The summed E-state index contributed by atoms with van der Waals surface area (Å²) in [4.78, 5) is 14.4. The van der Waals surface area contributed by atoms with Crippen LogP contribution in [0, 0.1) is 18.8 Å². The summed E-state index contributed by atoms with van der Waals surface area (Å²) in [5.41, 5.74) is 7.76. The van der Waals surface area contributed by atoms with Crippen LogP contribution in [0.25, 0.3) is 0 Å². The van der Waals surface area contributed by atoms with Crippen LogP contribution in [-0.4, -0.2) is 19.0 Å². The number of hydrogen-bond acceptors (Lipinski definition) is 2. The van der Waals surface area contributed by atoms with E-state index < -0.39 is 0 Å². The molecule has 3 heteroatoms. The van der Waals surface area contributed by atoms with E-state index in [0.717, 1.165) is 30.6 Å². The highest BCUT2D eigenvalue weighted by molar-refractivity contribution is 5.97. The molecule has 3 nitrogen and oxygen atoms in total. The van der Waals surface area contributed by atoms with E-state index in [-0.39, 0.29) is 11.8 Å². The first-order valence-corrected chi connectivity index (χ1v) is 6.72. The van der Waals surface area contributed by atoms with E-state index in [0.29, 0.717) is 12.5 Å². The maximum absolute atomic E-state index is 12.5. The van der Waals surface area contributed by atoms with Gasteiger partial charge in [-0.25, -0.2) is 0 Å². The molecule has 0 radical (unpaired) electrons. The first kappa shape index (κ1) is 13.1. The fraction of sp³-hybridized carbons (Fsp3) is 0.533. The van der Waals surface area contributed by atoms with Crippen molar-refractivity contribution in [1.82, 2.24) is 0 Å². The number of hydrogen-bond donors (Lipinski definition) is 1. The van der Waals surface area contributed by atoms with Crippen LogP contribution in [0.3, 0.4) is 0 Å². The maximum atomic E-state index is 12.5. The fourth-order valence-corrected chi connectivity index (χ4v) is 2.33. The molecule has 1 saturated carbocycles. The first-order valence-electron chi connectivity index (χ1n) is 6.72. The molecule has 18 heavy (non-hydrogen) atoms. The highest BCUT2D eigenvalue weighted by Gasteiger charge is 2.41. The molecule has 2 unspecified atom stereocenters. The van der Waals surface area contributed by atoms with Gasteiger partial charge >= 0.3 is 0 Å². The molecule has 0 aliphatic heterocycles. The second-order valence-corrected chi connectivity index (χ2v) is 5.24. The van der Waals surface area contributed by atoms with Gasteiger partial charge in [-0.1, -0.05) is 25.1 Å². The van der Waals surface area contributed by atoms with Crippen molar-refractivity contribution in [2.24, 2.45) is 17.6 Å². The number of aryl methyl sites for hydroxylation is 1. The zero-order valence-electron chi connectivity index (χ0n) is 11.2. The largest absolute Gasteiger partial charge is 0.330 e. The second-order valence-electron chi connectivity index (χ2n) is 5.24. The van der Waals surface area contributed by atoms with Gasteiger partial charge in [-0.2, -0.15) is 0 Å². The Bertz CT molecular complexity index is 430. The third kappa shape index (κ3) is 2.72. The minimum absolute atomic E-state index is 0.224. The van der Waals surface area contributed by atoms with Crippen LogP contribution in [0.1, 0.15) is 25.3 Å². The van der Waals surface area contributed by atoms with Crippen LogP contribution in [0.15, 0.2) is 24.3 Å². The zero-order valence-corrected chi connectivity index (χ0v) is 11.2. The summed E-state index contributed by atoms with van der Waals surface area (Å²) < 4.78 is 0. The Balaban J connectivity index is 2.19. The van der Waals surface area contributed by atoms with Crippen LogP contribution in [-0.2, 0) is 4.79 Å². The second kappa shape index (κ2) is 5.53. The molecule has 1 aromatic carbocycles. The highest BCUT2D eigenvalue weighted by Crippen LogP contribution is 2.40. The summed E-state index contributed by atoms with van der Waals surface area (Å²) in [5.74, 6) is 1.04. The van der Waals surface area contributed by atoms with E-state index in [1.165, 1.54) is 0 Å². The SMILES string of the molecule is Cc1ccccc1N(CCCN)C(=O)C1CC1C. The minimum Gasteiger partial charge on any atom is -0.330 e. The molecular formula is C15H22N2O. The van der Waals surface area contributed by atoms with Gasteiger partial charge in [0.2, 0.25) is 5.91 Å². The molecule has 2 rings (SSSR count). The molecule has 1 aromatic rings. The number of nitrogens with two attached hydrogens (primary N) is 1. The van der Waals surface area contributed by atoms with E-state index in [9.17, 15) is 4.79 Å². The number of nitrogens with zero attached hydrogens (tertiary/aromatic N) is 1. The van der Waals surface area contributed by atoms with Gasteiger partial charge in [0.15, 0.2) is 0 Å². The molecule has 2 N–H and O–H groups in total. The van der Waals surface area contributed by atoms with Crippen LogP contribution in [0.5, 0.6) is 0 Å². The van der Waals surface area contributed by atoms with Crippen LogP contribution in [0.4, 0.5) is 5.69 Å². The summed E-state index contributed by atoms with van der Waals surface area (Å²) in [6.07, 6.45) is 1.88. The van der Waals surface area contributed by atoms with Gasteiger partial charge in [-0.3, -0.25) is 4.79 Å². The number of carbonyl (C=O) groups is 1. The summed E-state index contributed by atoms with van der Waals surface area (Å²) in [6.45, 7) is 5.54. The van der Waals surface area contributed by atoms with Gasteiger partial charge in [-0.05, 0) is 43.9 Å². The topological polar surface area (TPSA) is 46.3 Å². The first-order chi connectivity index (χ1) is 8.65. The Kier molecular flexibility index (Phi) is 4.02. The van der Waals surface area contributed by atoms with Crippen molar-refractivity contribution in [3.63, 3.8) is 0 Å². The average molecular weight is 246 g/mol. The molecule has 98 valence electrons. The maximum Gasteiger partial charge on any atom is 0.230 e. The molecule has 0 bridgehead atoms. The number of carbonyl (C=O) groups excluding carboxylic acids is 1. The molecule has 1 amide bonds. The van der Waals surface area contributed by atoms with E-state index in [1.807, 2.05) is 36.1 Å². The summed E-state index contributed by atoms with van der Waals surface area (Å²) in [7, 11) is 0. The van der Waals surface area contributed by atoms with E-state index >= 15 is 0 Å². The predicted octanol–water partition coefficient (Wildman–Crippen LogP) is 2.33. The van der Waals surface area contributed by atoms with Crippen molar-refractivity contribution in [3.8, 4) is 0 Å². The van der Waals surface area contributed by atoms with Gasteiger partial charge in [0, 0.05) is 18.2 Å². The lowest BCUT2D eigenvalue weighted by Crippen LogP contribution is -2.35. The lowest BCUT2D eigenvalue weighted by molar-refractivity contribution is -0.120. The van der Waals surface area contributed by atoms with Crippen LogP contribution in [0.2, 0.25) is 0 Å². The van der Waals surface area contributed by atoms with Crippen molar-refractivity contribution in [1.29, 1.82) is 0 Å². The standard InChI is InChI=1S/C15H22N2O/c1-11-6-3-4-7-14(11)17(9-5-8-16)15(18)13-10-12(13)2/h3-4,6-7,12-13H,5,8-10,16H2,1-2H3. The lowest BCUT2D eigenvalue weighted by atomic mass is 10.1. The monoisotopic (exact) mass is 246 g/mol. The predicted molar refractivity (Wildman–Crippen MR) is 74.5 cm³/mol. The molecule has 2 atom stereocenters. The number of amides is 1. The Labute approximate surface area is 109 Å². The number of anilines is 1. The van der Waals surface area contributed by atoms with Gasteiger partial charge in [0.25, 0.3) is 0 Å². The summed E-state index contributed by atoms with van der Waals surface area (Å²) in [6, 6.07) is 8.07. The van der Waals surface area contributed by atoms with Gasteiger partial charge in [-0.15, -0.1) is 0 Å². The third-order valence-electron chi connectivity index (χ3n) is 3.68. The van der Waals surface area contributed by atoms with E-state index in [1.54, 1.807) is 0 Å². The molecule has 0 spiro atoms. The zero-order chi connectivity index (χ0) is 13.1. The number of benzene rings is 1. The Morgan fingerprint density at radius 3 is 2.67 bits per heavy atom. The number of rotatable bonds is 5. The number of para-hydroxylation sites is 1. The molecule has 1 fully saturated rings. The summed E-state index contributed by atoms with van der Waals surface area (Å²) in [5, 5.41) is 0. The Morgan fingerprint density at radius 1 is 1.44 bits per heavy atom. The van der Waals surface area contributed by atoms with Crippen molar-refractivity contribution >= 4 is 11.6 Å². The molecule has 1 aliphatic rings. The van der Waals surface area contributed by atoms with Gasteiger partial charge in [0.05, 0.1) is 0 Å². The minimum atomic E-state index is 0.224. The smallest absolute Gasteiger partial charge is 0.230 e. The van der Waals surface area contributed by atoms with Crippen molar-refractivity contribution in [2.45, 2.75) is 26.7 Å². The Morgan fingerprint density at radius 2 is 2.11 bits per heavy atom. The Hall–Kier alpha value is -1.35. The normalized spacial score (nSPS) is 21.7.